The van der Waals surface area contributed by atoms with Gasteiger partial charge in [0.2, 0.25) is 0 Å². The van der Waals surface area contributed by atoms with Crippen LogP contribution >= 0.6 is 23.6 Å². The molecule has 2 N–H and O–H groups in total. The molecule has 0 aliphatic heterocycles. The Morgan fingerprint density at radius 1 is 1.22 bits per heavy atom. The van der Waals surface area contributed by atoms with E-state index >= 15 is 0 Å². The van der Waals surface area contributed by atoms with E-state index in [0.717, 1.165) is 21.8 Å². The number of aromatic nitrogens is 1. The minimum absolute atomic E-state index is 0.587. The van der Waals surface area contributed by atoms with Crippen LogP contribution in [-0.2, 0) is 4.74 Å². The van der Waals surface area contributed by atoms with Gasteiger partial charge in [-0.25, -0.2) is 4.98 Å². The van der Waals surface area contributed by atoms with Crippen molar-refractivity contribution in [3.63, 3.8) is 0 Å². The summed E-state index contributed by atoms with van der Waals surface area (Å²) in [6.07, 6.45) is 0. The van der Waals surface area contributed by atoms with Crippen LogP contribution in [0, 0.1) is 0 Å². The van der Waals surface area contributed by atoms with Crippen molar-refractivity contribution in [1.82, 2.24) is 10.3 Å². The lowest BCUT2D eigenvalue weighted by molar-refractivity contribution is 0.204. The van der Waals surface area contributed by atoms with Gasteiger partial charge >= 0.3 is 0 Å². The Hall–Kier alpha value is -2.02. The van der Waals surface area contributed by atoms with Crippen molar-refractivity contribution >= 4 is 44.6 Å². The highest BCUT2D eigenvalue weighted by Gasteiger charge is 2.07. The summed E-state index contributed by atoms with van der Waals surface area (Å²) in [6, 6.07) is 16.3. The molecule has 0 saturated carbocycles. The summed E-state index contributed by atoms with van der Waals surface area (Å²) in [5, 5.41) is 7.88. The number of thiazole rings is 1. The lowest BCUT2D eigenvalue weighted by Gasteiger charge is -2.10. The molecule has 6 heteroatoms. The van der Waals surface area contributed by atoms with E-state index in [4.69, 9.17) is 17.0 Å². The average molecular weight is 343 g/mol. The summed E-state index contributed by atoms with van der Waals surface area (Å²) in [4.78, 5) is 4.69. The summed E-state index contributed by atoms with van der Waals surface area (Å²) in [5.41, 5.74) is 3.05. The van der Waals surface area contributed by atoms with Crippen LogP contribution in [0.4, 0.5) is 5.69 Å². The third-order valence-electron chi connectivity index (χ3n) is 3.25. The molecule has 4 nitrogen and oxygen atoms in total. The molecule has 118 valence electrons. The number of benzene rings is 2. The number of nitrogens with zero attached hydrogens (tertiary/aromatic N) is 1. The summed E-state index contributed by atoms with van der Waals surface area (Å²) in [7, 11) is 1.67. The Morgan fingerprint density at radius 2 is 2.09 bits per heavy atom. The Labute approximate surface area is 144 Å². The average Bonchev–Trinajstić information content (AvgIpc) is 2.99. The van der Waals surface area contributed by atoms with Crippen molar-refractivity contribution in [2.75, 3.05) is 25.6 Å². The number of ether oxygens (including phenoxy) is 1. The van der Waals surface area contributed by atoms with Gasteiger partial charge in [0.1, 0.15) is 5.01 Å². The highest BCUT2D eigenvalue weighted by Crippen LogP contribution is 2.31. The first kappa shape index (κ1) is 15.9. The molecule has 0 saturated heterocycles. The number of para-hydroxylation sites is 1. The first-order chi connectivity index (χ1) is 11.3. The van der Waals surface area contributed by atoms with Gasteiger partial charge in [-0.1, -0.05) is 24.3 Å². The summed E-state index contributed by atoms with van der Waals surface area (Å²) < 4.78 is 6.18. The minimum atomic E-state index is 0.587. The van der Waals surface area contributed by atoms with E-state index < -0.39 is 0 Å². The van der Waals surface area contributed by atoms with Gasteiger partial charge in [0, 0.05) is 24.9 Å². The third-order valence-corrected chi connectivity index (χ3v) is 4.58. The molecule has 3 aromatic rings. The van der Waals surface area contributed by atoms with E-state index in [1.165, 1.54) is 4.70 Å². The van der Waals surface area contributed by atoms with Crippen LogP contribution in [0.15, 0.2) is 48.5 Å². The van der Waals surface area contributed by atoms with Crippen molar-refractivity contribution < 1.29 is 4.74 Å². The molecular formula is C17H17N3OS2. The first-order valence-electron chi connectivity index (χ1n) is 7.26. The standard InChI is InChI=1S/C17H17N3OS2/c1-21-10-9-18-17(22)19-13-6-4-5-12(11-13)16-20-14-7-2-3-8-15(14)23-16/h2-8,11H,9-10H2,1H3,(H2,18,19,22). The predicted molar refractivity (Wildman–Crippen MR) is 101 cm³/mol. The Morgan fingerprint density at radius 3 is 2.91 bits per heavy atom. The van der Waals surface area contributed by atoms with Crippen LogP contribution in [0.5, 0.6) is 0 Å². The van der Waals surface area contributed by atoms with E-state index in [-0.39, 0.29) is 0 Å². The summed E-state index contributed by atoms with van der Waals surface area (Å²) in [5.74, 6) is 0. The van der Waals surface area contributed by atoms with Crippen molar-refractivity contribution in [2.24, 2.45) is 0 Å². The van der Waals surface area contributed by atoms with Crippen LogP contribution in [0.3, 0.4) is 0 Å². The van der Waals surface area contributed by atoms with Gasteiger partial charge in [0.15, 0.2) is 5.11 Å². The second-order valence-electron chi connectivity index (χ2n) is 4.94. The molecule has 0 aliphatic carbocycles. The highest BCUT2D eigenvalue weighted by atomic mass is 32.1. The lowest BCUT2D eigenvalue weighted by Crippen LogP contribution is -2.31. The first-order valence-corrected chi connectivity index (χ1v) is 8.48. The molecule has 0 amide bonds. The maximum Gasteiger partial charge on any atom is 0.170 e. The molecule has 23 heavy (non-hydrogen) atoms. The quantitative estimate of drug-likeness (QED) is 0.543. The largest absolute Gasteiger partial charge is 0.383 e. The zero-order valence-electron chi connectivity index (χ0n) is 12.7. The molecular weight excluding hydrogens is 326 g/mol. The van der Waals surface area contributed by atoms with Gasteiger partial charge in [-0.05, 0) is 36.5 Å². The van der Waals surface area contributed by atoms with Crippen molar-refractivity contribution in [1.29, 1.82) is 0 Å². The predicted octanol–water partition coefficient (Wildman–Crippen LogP) is 3.90. The van der Waals surface area contributed by atoms with Gasteiger partial charge in [0.25, 0.3) is 0 Å². The van der Waals surface area contributed by atoms with Gasteiger partial charge in [-0.3, -0.25) is 0 Å². The van der Waals surface area contributed by atoms with Gasteiger partial charge in [-0.2, -0.15) is 0 Å². The Balaban J connectivity index is 1.75. The Kier molecular flexibility index (Phi) is 5.17. The maximum absolute atomic E-state index is 5.27. The number of rotatable bonds is 5. The molecule has 0 atom stereocenters. The Bertz CT molecular complexity index is 783. The number of fused-ring (bicyclic) bond motifs is 1. The van der Waals surface area contributed by atoms with Crippen molar-refractivity contribution in [3.05, 3.63) is 48.5 Å². The fourth-order valence-corrected chi connectivity index (χ4v) is 3.35. The van der Waals surface area contributed by atoms with Crippen LogP contribution in [-0.4, -0.2) is 30.4 Å². The molecule has 1 heterocycles. The molecule has 0 aliphatic rings. The maximum atomic E-state index is 5.27. The molecule has 0 unspecified atom stereocenters. The van der Waals surface area contributed by atoms with E-state index in [9.17, 15) is 0 Å². The zero-order valence-corrected chi connectivity index (χ0v) is 14.3. The van der Waals surface area contributed by atoms with E-state index in [1.54, 1.807) is 18.4 Å². The van der Waals surface area contributed by atoms with Crippen LogP contribution in [0.2, 0.25) is 0 Å². The number of methoxy groups -OCH3 is 1. The molecule has 0 bridgehead atoms. The van der Waals surface area contributed by atoms with E-state index in [0.29, 0.717) is 18.3 Å². The molecule has 0 fully saturated rings. The minimum Gasteiger partial charge on any atom is -0.383 e. The van der Waals surface area contributed by atoms with Gasteiger partial charge in [-0.15, -0.1) is 11.3 Å². The van der Waals surface area contributed by atoms with Crippen molar-refractivity contribution in [3.8, 4) is 10.6 Å². The highest BCUT2D eigenvalue weighted by molar-refractivity contribution is 7.80. The zero-order chi connectivity index (χ0) is 16.1. The smallest absolute Gasteiger partial charge is 0.170 e. The molecule has 1 aromatic heterocycles. The molecule has 0 spiro atoms. The van der Waals surface area contributed by atoms with E-state index in [2.05, 4.69) is 33.8 Å². The van der Waals surface area contributed by atoms with Crippen LogP contribution in [0.25, 0.3) is 20.8 Å². The van der Waals surface area contributed by atoms with Gasteiger partial charge < -0.3 is 15.4 Å². The number of hydrogen-bond donors (Lipinski definition) is 2. The van der Waals surface area contributed by atoms with Crippen LogP contribution in [0.1, 0.15) is 0 Å². The molecule has 3 rings (SSSR count). The normalized spacial score (nSPS) is 10.7. The topological polar surface area (TPSA) is 46.2 Å². The summed E-state index contributed by atoms with van der Waals surface area (Å²) in [6.45, 7) is 1.30. The second-order valence-corrected chi connectivity index (χ2v) is 6.38. The number of nitrogens with one attached hydrogen (secondary N) is 2. The van der Waals surface area contributed by atoms with Crippen molar-refractivity contribution in [2.45, 2.75) is 0 Å². The molecule has 2 aromatic carbocycles. The third kappa shape index (κ3) is 4.04. The SMILES string of the molecule is COCCNC(=S)Nc1cccc(-c2nc3ccccc3s2)c1. The number of thiocarbonyl (C=S) groups is 1. The number of hydrogen-bond acceptors (Lipinski definition) is 4. The lowest BCUT2D eigenvalue weighted by atomic mass is 10.2. The van der Waals surface area contributed by atoms with Crippen LogP contribution < -0.4 is 10.6 Å². The molecule has 0 radical (unpaired) electrons. The fourth-order valence-electron chi connectivity index (χ4n) is 2.17. The monoisotopic (exact) mass is 343 g/mol. The van der Waals surface area contributed by atoms with Gasteiger partial charge in [0.05, 0.1) is 16.8 Å². The van der Waals surface area contributed by atoms with E-state index in [1.807, 2.05) is 30.3 Å². The fraction of sp³-hybridized carbons (Fsp3) is 0.176. The number of anilines is 1. The summed E-state index contributed by atoms with van der Waals surface area (Å²) >= 11 is 6.96. The second kappa shape index (κ2) is 7.50.